The Morgan fingerprint density at radius 2 is 1.68 bits per heavy atom. The van der Waals surface area contributed by atoms with Gasteiger partial charge in [-0.05, 0) is 91.3 Å². The van der Waals surface area contributed by atoms with Crippen molar-refractivity contribution in [3.8, 4) is 0 Å². The van der Waals surface area contributed by atoms with E-state index in [-0.39, 0.29) is 11.4 Å². The molecule has 1 amide bonds. The van der Waals surface area contributed by atoms with E-state index in [9.17, 15) is 9.59 Å². The van der Waals surface area contributed by atoms with Crippen molar-refractivity contribution in [2.45, 2.75) is 57.1 Å². The summed E-state index contributed by atoms with van der Waals surface area (Å²) in [6, 6.07) is 7.10. The second-order valence-electron chi connectivity index (χ2n) is 8.21. The monoisotopic (exact) mass is 405 g/mol. The summed E-state index contributed by atoms with van der Waals surface area (Å²) in [5.74, 6) is 1.67. The highest BCUT2D eigenvalue weighted by Crippen LogP contribution is 2.55. The smallest absolute Gasteiger partial charge is 0.340 e. The van der Waals surface area contributed by atoms with Gasteiger partial charge in [-0.3, -0.25) is 4.79 Å². The molecule has 0 aliphatic heterocycles. The zero-order chi connectivity index (χ0) is 17.6. The number of halogens is 1. The highest BCUT2D eigenvalue weighted by Gasteiger charge is 2.51. The molecule has 1 atom stereocenters. The average Bonchev–Trinajstić information content (AvgIpc) is 2.53. The summed E-state index contributed by atoms with van der Waals surface area (Å²) in [5.41, 5.74) is 0.386. The fraction of sp³-hybridized carbons (Fsp3) is 0.600. The molecule has 5 heteroatoms. The van der Waals surface area contributed by atoms with Crippen LogP contribution in [0.15, 0.2) is 28.7 Å². The van der Waals surface area contributed by atoms with E-state index in [1.807, 2.05) is 6.07 Å². The zero-order valence-corrected chi connectivity index (χ0v) is 16.1. The predicted molar refractivity (Wildman–Crippen MR) is 98.1 cm³/mol. The molecule has 4 saturated carbocycles. The Morgan fingerprint density at radius 1 is 1.12 bits per heavy atom. The van der Waals surface area contributed by atoms with E-state index in [0.717, 1.165) is 37.0 Å². The van der Waals surface area contributed by atoms with E-state index in [0.29, 0.717) is 10.0 Å². The fourth-order valence-corrected chi connectivity index (χ4v) is 5.98. The molecule has 0 radical (unpaired) electrons. The Kier molecular flexibility index (Phi) is 4.38. The maximum atomic E-state index is 12.7. The molecule has 4 nitrogen and oxygen atoms in total. The number of hydrogen-bond acceptors (Lipinski definition) is 3. The average molecular weight is 406 g/mol. The highest BCUT2D eigenvalue weighted by molar-refractivity contribution is 9.10. The molecule has 1 N–H and O–H groups in total. The summed E-state index contributed by atoms with van der Waals surface area (Å²) in [4.78, 5) is 25.0. The van der Waals surface area contributed by atoms with Crippen LogP contribution in [0, 0.1) is 17.8 Å². The van der Waals surface area contributed by atoms with Gasteiger partial charge in [-0.15, -0.1) is 0 Å². The Morgan fingerprint density at radius 3 is 2.24 bits per heavy atom. The van der Waals surface area contributed by atoms with E-state index in [4.69, 9.17) is 4.74 Å². The number of hydrogen-bond donors (Lipinski definition) is 1. The molecular formula is C20H24BrNO3. The zero-order valence-electron chi connectivity index (χ0n) is 14.5. The maximum Gasteiger partial charge on any atom is 0.340 e. The van der Waals surface area contributed by atoms with E-state index < -0.39 is 12.1 Å². The number of rotatable bonds is 4. The molecule has 1 aromatic rings. The van der Waals surface area contributed by atoms with Crippen molar-refractivity contribution in [3.63, 3.8) is 0 Å². The second-order valence-corrected chi connectivity index (χ2v) is 9.07. The Hall–Kier alpha value is -1.36. The van der Waals surface area contributed by atoms with E-state index in [2.05, 4.69) is 21.2 Å². The van der Waals surface area contributed by atoms with Crippen LogP contribution in [0.1, 0.15) is 55.8 Å². The van der Waals surface area contributed by atoms with Crippen molar-refractivity contribution >= 4 is 27.8 Å². The number of amides is 1. The van der Waals surface area contributed by atoms with Crippen LogP contribution in [0.5, 0.6) is 0 Å². The summed E-state index contributed by atoms with van der Waals surface area (Å²) >= 11 is 3.35. The maximum absolute atomic E-state index is 12.7. The number of carbonyl (C=O) groups excluding carboxylic acids is 2. The molecule has 0 heterocycles. The van der Waals surface area contributed by atoms with Gasteiger partial charge in [0.25, 0.3) is 5.91 Å². The third-order valence-corrected chi connectivity index (χ3v) is 6.86. The molecule has 0 saturated heterocycles. The second kappa shape index (κ2) is 6.42. The third kappa shape index (κ3) is 3.35. The van der Waals surface area contributed by atoms with Crippen molar-refractivity contribution in [2.75, 3.05) is 0 Å². The first kappa shape index (κ1) is 17.1. The van der Waals surface area contributed by atoms with Gasteiger partial charge in [-0.25, -0.2) is 4.79 Å². The van der Waals surface area contributed by atoms with E-state index in [1.54, 1.807) is 25.1 Å². The van der Waals surface area contributed by atoms with Crippen LogP contribution in [0.3, 0.4) is 0 Å². The highest BCUT2D eigenvalue weighted by atomic mass is 79.9. The van der Waals surface area contributed by atoms with Crippen LogP contribution in [0.2, 0.25) is 0 Å². The molecule has 4 aliphatic rings. The van der Waals surface area contributed by atoms with Gasteiger partial charge in [0.15, 0.2) is 6.10 Å². The lowest BCUT2D eigenvalue weighted by Crippen LogP contribution is -2.61. The number of carbonyl (C=O) groups is 2. The van der Waals surface area contributed by atoms with Crippen molar-refractivity contribution in [3.05, 3.63) is 34.3 Å². The van der Waals surface area contributed by atoms with Gasteiger partial charge in [0, 0.05) is 10.0 Å². The van der Waals surface area contributed by atoms with E-state index >= 15 is 0 Å². The Bertz CT molecular complexity index is 667. The Labute approximate surface area is 156 Å². The molecule has 0 spiro atoms. The van der Waals surface area contributed by atoms with Gasteiger partial charge in [-0.2, -0.15) is 0 Å². The molecule has 4 fully saturated rings. The summed E-state index contributed by atoms with van der Waals surface area (Å²) in [6.07, 6.45) is 6.50. The van der Waals surface area contributed by atoms with Crippen molar-refractivity contribution in [1.82, 2.24) is 5.32 Å². The number of ether oxygens (including phenoxy) is 1. The topological polar surface area (TPSA) is 55.4 Å². The number of benzene rings is 1. The first-order valence-electron chi connectivity index (χ1n) is 9.22. The minimum Gasteiger partial charge on any atom is -0.449 e. The SMILES string of the molecule is C[C@@H](OC(=O)c1ccccc1Br)C(=O)NC12CC3CC(CC(C3)C1)C2. The summed E-state index contributed by atoms with van der Waals surface area (Å²) in [5, 5.41) is 3.27. The molecule has 134 valence electrons. The summed E-state index contributed by atoms with van der Waals surface area (Å²) in [7, 11) is 0. The molecule has 4 aliphatic carbocycles. The quantitative estimate of drug-likeness (QED) is 0.767. The van der Waals surface area contributed by atoms with Crippen LogP contribution in [-0.2, 0) is 9.53 Å². The Balaban J connectivity index is 1.40. The van der Waals surface area contributed by atoms with Crippen LogP contribution >= 0.6 is 15.9 Å². The first-order chi connectivity index (χ1) is 11.9. The van der Waals surface area contributed by atoms with Crippen molar-refractivity contribution < 1.29 is 14.3 Å². The predicted octanol–water partition coefficient (Wildman–Crippen LogP) is 4.08. The molecule has 0 aromatic heterocycles. The fourth-order valence-electron chi connectivity index (χ4n) is 5.53. The summed E-state index contributed by atoms with van der Waals surface area (Å²) < 4.78 is 6.09. The van der Waals surface area contributed by atoms with Gasteiger partial charge in [0.1, 0.15) is 0 Å². The molecule has 25 heavy (non-hydrogen) atoms. The van der Waals surface area contributed by atoms with E-state index in [1.165, 1.54) is 19.3 Å². The normalized spacial score (nSPS) is 33.8. The summed E-state index contributed by atoms with van der Waals surface area (Å²) in [6.45, 7) is 1.66. The lowest BCUT2D eigenvalue weighted by atomic mass is 9.53. The molecule has 5 rings (SSSR count). The van der Waals surface area contributed by atoms with Gasteiger partial charge >= 0.3 is 5.97 Å². The van der Waals surface area contributed by atoms with Crippen molar-refractivity contribution in [2.24, 2.45) is 17.8 Å². The molecule has 0 unspecified atom stereocenters. The molecular weight excluding hydrogens is 382 g/mol. The number of esters is 1. The van der Waals surface area contributed by atoms with Gasteiger partial charge in [0.05, 0.1) is 5.56 Å². The standard InChI is InChI=1S/C20H24BrNO3/c1-12(25-19(24)16-4-2-3-5-17(16)21)18(23)22-20-9-13-6-14(10-20)8-15(7-13)11-20/h2-5,12-15H,6-11H2,1H3,(H,22,23)/t12-,13?,14?,15?,20?/m1/s1. The third-order valence-electron chi connectivity index (χ3n) is 6.17. The minimum absolute atomic E-state index is 0.0557. The van der Waals surface area contributed by atoms with Crippen molar-refractivity contribution in [1.29, 1.82) is 0 Å². The minimum atomic E-state index is -0.785. The van der Waals surface area contributed by atoms with Gasteiger partial charge < -0.3 is 10.1 Å². The molecule has 4 bridgehead atoms. The first-order valence-corrected chi connectivity index (χ1v) is 10.0. The van der Waals surface area contributed by atoms with Gasteiger partial charge in [-0.1, -0.05) is 12.1 Å². The van der Waals surface area contributed by atoms with Crippen LogP contribution in [0.4, 0.5) is 0 Å². The number of nitrogens with one attached hydrogen (secondary N) is 1. The largest absolute Gasteiger partial charge is 0.449 e. The lowest BCUT2D eigenvalue weighted by molar-refractivity contribution is -0.134. The van der Waals surface area contributed by atoms with Gasteiger partial charge in [0.2, 0.25) is 0 Å². The van der Waals surface area contributed by atoms with Crippen LogP contribution in [0.25, 0.3) is 0 Å². The molecule has 1 aromatic carbocycles. The van der Waals surface area contributed by atoms with Crippen LogP contribution < -0.4 is 5.32 Å². The lowest BCUT2D eigenvalue weighted by Gasteiger charge is -2.57. The van der Waals surface area contributed by atoms with Crippen LogP contribution in [-0.4, -0.2) is 23.5 Å².